The van der Waals surface area contributed by atoms with E-state index in [9.17, 15) is 9.90 Å². The fourth-order valence-corrected chi connectivity index (χ4v) is 3.99. The minimum absolute atomic E-state index is 0.0588. The van der Waals surface area contributed by atoms with E-state index < -0.39 is 38.2 Å². The summed E-state index contributed by atoms with van der Waals surface area (Å²) >= 11 is 0. The molecule has 0 unspecified atom stereocenters. The van der Waals surface area contributed by atoms with Gasteiger partial charge in [0, 0.05) is 0 Å². The van der Waals surface area contributed by atoms with Gasteiger partial charge >= 0.3 is 5.97 Å². The summed E-state index contributed by atoms with van der Waals surface area (Å²) in [5, 5.41) is 10.9. The molecule has 0 bridgehead atoms. The monoisotopic (exact) mass is 440 g/mol. The predicted octanol–water partition coefficient (Wildman–Crippen LogP) is 4.95. The van der Waals surface area contributed by atoms with Crippen LogP contribution in [0.4, 0.5) is 0 Å². The first-order valence-electron chi connectivity index (χ1n) is 10.4. The van der Waals surface area contributed by atoms with Crippen LogP contribution in [-0.2, 0) is 14.0 Å². The molecule has 0 aliphatic rings. The zero-order valence-corrected chi connectivity index (χ0v) is 21.2. The third-order valence-electron chi connectivity index (χ3n) is 5.26. The van der Waals surface area contributed by atoms with E-state index in [4.69, 9.17) is 18.6 Å². The second kappa shape index (κ2) is 10.2. The highest BCUT2D eigenvalue weighted by Crippen LogP contribution is 2.38. The highest BCUT2D eigenvalue weighted by Gasteiger charge is 2.43. The fraction of sp³-hybridized carbons (Fsp3) is 0.696. The minimum Gasteiger partial charge on any atom is -0.497 e. The van der Waals surface area contributed by atoms with E-state index in [2.05, 4.69) is 33.9 Å². The maximum Gasteiger partial charge on any atom is 0.309 e. The molecule has 172 valence electrons. The predicted molar refractivity (Wildman–Crippen MR) is 122 cm³/mol. The Kier molecular flexibility index (Phi) is 8.96. The summed E-state index contributed by atoms with van der Waals surface area (Å²) in [5.41, 5.74) is -0.613. The van der Waals surface area contributed by atoms with Crippen molar-refractivity contribution in [2.45, 2.75) is 96.9 Å². The Balaban J connectivity index is 3.04. The molecule has 30 heavy (non-hydrogen) atoms. The summed E-state index contributed by atoms with van der Waals surface area (Å²) in [6.45, 7) is 17.9. The van der Waals surface area contributed by atoms with Gasteiger partial charge in [0.1, 0.15) is 29.3 Å². The zero-order chi connectivity index (χ0) is 23.3. The lowest BCUT2D eigenvalue weighted by Crippen LogP contribution is -2.52. The second-order valence-corrected chi connectivity index (χ2v) is 15.0. The lowest BCUT2D eigenvalue weighted by molar-refractivity contribution is -0.159. The molecule has 0 saturated carbocycles. The molecule has 1 aromatic carbocycles. The van der Waals surface area contributed by atoms with E-state index >= 15 is 0 Å². The van der Waals surface area contributed by atoms with E-state index in [0.29, 0.717) is 5.75 Å². The van der Waals surface area contributed by atoms with Crippen molar-refractivity contribution in [2.24, 2.45) is 0 Å². The van der Waals surface area contributed by atoms with Gasteiger partial charge in [-0.3, -0.25) is 4.79 Å². The Morgan fingerprint density at radius 1 is 1.03 bits per heavy atom. The van der Waals surface area contributed by atoms with Gasteiger partial charge in [-0.05, 0) is 70.1 Å². The molecule has 0 spiro atoms. The van der Waals surface area contributed by atoms with Gasteiger partial charge in [0.15, 0.2) is 8.32 Å². The fourth-order valence-electron chi connectivity index (χ4n) is 2.61. The Morgan fingerprint density at radius 2 is 1.53 bits per heavy atom. The van der Waals surface area contributed by atoms with Crippen LogP contribution in [0.1, 0.15) is 54.9 Å². The zero-order valence-electron chi connectivity index (χ0n) is 20.2. The van der Waals surface area contributed by atoms with Gasteiger partial charge in [-0.2, -0.15) is 0 Å². The Labute approximate surface area is 183 Å². The van der Waals surface area contributed by atoms with Crippen molar-refractivity contribution in [1.29, 1.82) is 0 Å². The number of aliphatic hydroxyl groups excluding tert-OH is 1. The molecule has 1 aromatic rings. The average Bonchev–Trinajstić information content (AvgIpc) is 2.57. The molecule has 0 aliphatic carbocycles. The molecule has 1 rings (SSSR count). The number of esters is 1. The normalized spacial score (nSPS) is 15.8. The van der Waals surface area contributed by atoms with Gasteiger partial charge in [-0.25, -0.2) is 0 Å². The molecule has 1 N–H and O–H groups in total. The molecule has 3 atom stereocenters. The van der Waals surface area contributed by atoms with E-state index in [-0.39, 0.29) is 11.5 Å². The summed E-state index contributed by atoms with van der Waals surface area (Å²) < 4.78 is 23.1. The van der Waals surface area contributed by atoms with Crippen LogP contribution in [0.25, 0.3) is 0 Å². The second-order valence-electron chi connectivity index (χ2n) is 10.2. The van der Waals surface area contributed by atoms with Crippen LogP contribution in [0.5, 0.6) is 11.5 Å². The molecule has 6 nitrogen and oxygen atoms in total. The highest BCUT2D eigenvalue weighted by molar-refractivity contribution is 6.74. The lowest BCUT2D eigenvalue weighted by Gasteiger charge is -2.42. The average molecular weight is 441 g/mol. The van der Waals surface area contributed by atoms with Crippen molar-refractivity contribution in [3.05, 3.63) is 24.3 Å². The Morgan fingerprint density at radius 3 is 1.97 bits per heavy atom. The number of aliphatic hydroxyl groups is 1. The molecule has 0 aliphatic heterocycles. The first kappa shape index (κ1) is 26.5. The van der Waals surface area contributed by atoms with Gasteiger partial charge < -0.3 is 23.7 Å². The van der Waals surface area contributed by atoms with Crippen molar-refractivity contribution in [2.75, 3.05) is 7.11 Å². The third kappa shape index (κ3) is 8.28. The number of rotatable bonds is 9. The van der Waals surface area contributed by atoms with Crippen LogP contribution in [-0.4, -0.2) is 50.4 Å². The number of carbonyl (C=O) groups excluding carboxylic acids is 1. The molecule has 0 amide bonds. The lowest BCUT2D eigenvalue weighted by atomic mass is 10.1. The van der Waals surface area contributed by atoms with Crippen LogP contribution >= 0.6 is 0 Å². The summed E-state index contributed by atoms with van der Waals surface area (Å²) in [4.78, 5) is 12.3. The highest BCUT2D eigenvalue weighted by atomic mass is 28.4. The van der Waals surface area contributed by atoms with E-state index in [1.807, 2.05) is 19.1 Å². The summed E-state index contributed by atoms with van der Waals surface area (Å²) in [6, 6.07) is 7.23. The van der Waals surface area contributed by atoms with Crippen LogP contribution in [0.2, 0.25) is 18.1 Å². The maximum absolute atomic E-state index is 12.3. The van der Waals surface area contributed by atoms with Gasteiger partial charge in [0.25, 0.3) is 0 Å². The number of methoxy groups -OCH3 is 1. The summed E-state index contributed by atoms with van der Waals surface area (Å²) in [7, 11) is -0.630. The topological polar surface area (TPSA) is 74.2 Å². The molecule has 0 aromatic heterocycles. The van der Waals surface area contributed by atoms with Crippen LogP contribution in [0, 0.1) is 0 Å². The first-order chi connectivity index (χ1) is 13.6. The summed E-state index contributed by atoms with van der Waals surface area (Å²) in [5.74, 6) is 0.904. The van der Waals surface area contributed by atoms with Gasteiger partial charge in [-0.15, -0.1) is 0 Å². The third-order valence-corrected chi connectivity index (χ3v) is 9.73. The van der Waals surface area contributed by atoms with Crippen LogP contribution in [0.3, 0.4) is 0 Å². The van der Waals surface area contributed by atoms with Crippen LogP contribution in [0.15, 0.2) is 24.3 Å². The molecule has 0 radical (unpaired) electrons. The van der Waals surface area contributed by atoms with Gasteiger partial charge in [-0.1, -0.05) is 20.8 Å². The van der Waals surface area contributed by atoms with Crippen molar-refractivity contribution in [3.8, 4) is 11.5 Å². The number of ether oxygens (including phenoxy) is 3. The Hall–Kier alpha value is -1.57. The van der Waals surface area contributed by atoms with Gasteiger partial charge in [0.2, 0.25) is 0 Å². The largest absolute Gasteiger partial charge is 0.497 e. The molecule has 7 heteroatoms. The maximum atomic E-state index is 12.3. The van der Waals surface area contributed by atoms with E-state index in [0.717, 1.165) is 5.75 Å². The van der Waals surface area contributed by atoms with Crippen molar-refractivity contribution in [1.82, 2.24) is 0 Å². The smallest absolute Gasteiger partial charge is 0.309 e. The van der Waals surface area contributed by atoms with Gasteiger partial charge in [0.05, 0.1) is 19.6 Å². The van der Waals surface area contributed by atoms with Crippen LogP contribution < -0.4 is 9.47 Å². The van der Waals surface area contributed by atoms with Crippen molar-refractivity contribution in [3.63, 3.8) is 0 Å². The standard InChI is InChI=1S/C23H40O6Si/c1-16(27-18-13-11-17(26-8)12-14-18)21(29-30(9,10)23(5,6)7)19(24)15-20(25)28-22(2,3)4/h11-14,16,19,21,24H,15H2,1-10H3/t16-,19+,21-/m0/s1. The Bertz CT molecular complexity index is 672. The number of hydrogen-bond donors (Lipinski definition) is 1. The SMILES string of the molecule is COc1ccc(O[C@@H](C)[C@H](O[Si](C)(C)C(C)(C)C)[C@H](O)CC(=O)OC(C)(C)C)cc1. The first-order valence-corrected chi connectivity index (χ1v) is 13.3. The number of hydrogen-bond acceptors (Lipinski definition) is 6. The molecule has 0 heterocycles. The minimum atomic E-state index is -2.24. The molecular formula is C23H40O6Si. The van der Waals surface area contributed by atoms with E-state index in [1.54, 1.807) is 40.0 Å². The summed E-state index contributed by atoms with van der Waals surface area (Å²) in [6.07, 6.45) is -2.37. The number of carbonyl (C=O) groups is 1. The molecular weight excluding hydrogens is 400 g/mol. The number of benzene rings is 1. The quantitative estimate of drug-likeness (QED) is 0.433. The molecule has 0 saturated heterocycles. The van der Waals surface area contributed by atoms with E-state index in [1.165, 1.54) is 0 Å². The van der Waals surface area contributed by atoms with Crippen molar-refractivity contribution < 1.29 is 28.5 Å². The van der Waals surface area contributed by atoms with Crippen molar-refractivity contribution >= 4 is 14.3 Å². The molecule has 0 fully saturated rings.